The molecule has 214 valence electrons. The van der Waals surface area contributed by atoms with Crippen molar-refractivity contribution in [2.45, 2.75) is 13.0 Å². The zero-order chi connectivity index (χ0) is 29.4. The Hall–Kier alpha value is -3.09. The number of nitrogens with two attached hydrogens (primary N) is 1. The van der Waals surface area contributed by atoms with Crippen molar-refractivity contribution in [1.29, 1.82) is 5.41 Å². The maximum Gasteiger partial charge on any atom is 0.161 e. The highest BCUT2D eigenvalue weighted by molar-refractivity contribution is 7.93. The molecule has 0 amide bonds. The van der Waals surface area contributed by atoms with Gasteiger partial charge in [0.2, 0.25) is 0 Å². The van der Waals surface area contributed by atoms with Gasteiger partial charge in [-0.15, -0.1) is 0 Å². The van der Waals surface area contributed by atoms with Crippen LogP contribution in [0.25, 0.3) is 5.83 Å². The van der Waals surface area contributed by atoms with E-state index < -0.39 is 21.7 Å². The zero-order valence-electron chi connectivity index (χ0n) is 22.3. The van der Waals surface area contributed by atoms with E-state index >= 15 is 4.39 Å². The summed E-state index contributed by atoms with van der Waals surface area (Å²) in [7, 11) is 0.607. The molecule has 1 saturated heterocycles. The number of hydrogen-bond donors (Lipinski definition) is 3. The van der Waals surface area contributed by atoms with Crippen molar-refractivity contribution < 1.29 is 18.4 Å². The number of nitrogen functional groups attached to an aromatic ring is 1. The first-order valence-corrected chi connectivity index (χ1v) is 14.8. The van der Waals surface area contributed by atoms with Crippen LogP contribution in [0.1, 0.15) is 29.7 Å². The van der Waals surface area contributed by atoms with Gasteiger partial charge in [-0.1, -0.05) is 23.2 Å². The van der Waals surface area contributed by atoms with Crippen molar-refractivity contribution >= 4 is 56.0 Å². The summed E-state index contributed by atoms with van der Waals surface area (Å²) in [4.78, 5) is 10.2. The van der Waals surface area contributed by atoms with Crippen LogP contribution >= 0.6 is 23.2 Å². The number of hydrogen-bond acceptors (Lipinski definition) is 9. The third-order valence-electron chi connectivity index (χ3n) is 6.06. The van der Waals surface area contributed by atoms with E-state index in [2.05, 4.69) is 19.2 Å². The van der Waals surface area contributed by atoms with Crippen LogP contribution in [-0.4, -0.2) is 68.6 Å². The molecule has 1 fully saturated rings. The minimum Gasteiger partial charge on any atom is -0.486 e. The highest BCUT2D eigenvalue weighted by Crippen LogP contribution is 2.33. The van der Waals surface area contributed by atoms with Crippen LogP contribution in [0.4, 0.5) is 15.9 Å². The first-order chi connectivity index (χ1) is 19.0. The van der Waals surface area contributed by atoms with Crippen molar-refractivity contribution in [3.8, 4) is 5.75 Å². The quantitative estimate of drug-likeness (QED) is 0.236. The number of aliphatic hydroxyl groups is 1. The molecular formula is C27H31Cl2FN6O3S. The molecule has 9 nitrogen and oxygen atoms in total. The number of halogens is 3. The fourth-order valence-corrected chi connectivity index (χ4v) is 6.56. The normalized spacial score (nSPS) is 15.9. The van der Waals surface area contributed by atoms with E-state index in [0.717, 1.165) is 13.2 Å². The predicted octanol–water partition coefficient (Wildman–Crippen LogP) is 5.54. The van der Waals surface area contributed by atoms with Gasteiger partial charge in [0.1, 0.15) is 17.7 Å². The van der Waals surface area contributed by atoms with Gasteiger partial charge in [-0.05, 0) is 44.3 Å². The van der Waals surface area contributed by atoms with Gasteiger partial charge >= 0.3 is 0 Å². The number of pyridine rings is 2. The Labute approximate surface area is 243 Å². The molecule has 0 bridgehead atoms. The van der Waals surface area contributed by atoms with E-state index in [1.54, 1.807) is 25.1 Å². The Morgan fingerprint density at radius 1 is 1.20 bits per heavy atom. The highest BCUT2D eigenvalue weighted by Gasteiger charge is 2.19. The molecule has 0 saturated carbocycles. The third-order valence-corrected chi connectivity index (χ3v) is 8.83. The van der Waals surface area contributed by atoms with Crippen LogP contribution in [0.2, 0.25) is 10.0 Å². The molecule has 1 atom stereocenters. The van der Waals surface area contributed by atoms with Crippen molar-refractivity contribution in [2.24, 2.45) is 4.36 Å². The lowest BCUT2D eigenvalue weighted by Gasteiger charge is -2.24. The molecule has 40 heavy (non-hydrogen) atoms. The molecule has 3 aromatic rings. The number of allylic oxidation sites excluding steroid dienone is 1. The van der Waals surface area contributed by atoms with Crippen molar-refractivity contribution in [2.75, 3.05) is 44.5 Å². The first kappa shape index (κ1) is 31.4. The maximum atomic E-state index is 15.0. The van der Waals surface area contributed by atoms with Crippen molar-refractivity contribution in [3.63, 3.8) is 0 Å². The molecule has 2 aromatic heterocycles. The second kappa shape index (κ2) is 14.0. The van der Waals surface area contributed by atoms with Crippen molar-refractivity contribution in [3.05, 3.63) is 81.7 Å². The summed E-state index contributed by atoms with van der Waals surface area (Å²) in [5, 5.41) is 16.2. The Bertz CT molecular complexity index is 1480. The Morgan fingerprint density at radius 2 is 1.85 bits per heavy atom. The largest absolute Gasteiger partial charge is 0.486 e. The summed E-state index contributed by atoms with van der Waals surface area (Å²) < 4.78 is 38.2. The smallest absolute Gasteiger partial charge is 0.161 e. The lowest BCUT2D eigenvalue weighted by molar-refractivity contribution is 0.227. The molecule has 1 aromatic carbocycles. The van der Waals surface area contributed by atoms with Gasteiger partial charge in [0, 0.05) is 78.7 Å². The summed E-state index contributed by atoms with van der Waals surface area (Å²) in [5.41, 5.74) is 7.23. The maximum absolute atomic E-state index is 15.0. The van der Waals surface area contributed by atoms with Crippen LogP contribution in [0, 0.1) is 5.41 Å². The van der Waals surface area contributed by atoms with Crippen LogP contribution < -0.4 is 10.5 Å². The van der Waals surface area contributed by atoms with E-state index in [4.69, 9.17) is 44.2 Å². The second-order valence-electron chi connectivity index (χ2n) is 8.91. The van der Waals surface area contributed by atoms with Gasteiger partial charge in [-0.3, -0.25) is 4.98 Å². The molecule has 0 aliphatic carbocycles. The molecule has 0 spiro atoms. The topological polar surface area (TPSA) is 138 Å². The number of nitrogens with one attached hydrogen (secondary N) is 1. The van der Waals surface area contributed by atoms with Crippen LogP contribution in [0.15, 0.2) is 59.4 Å². The van der Waals surface area contributed by atoms with Crippen LogP contribution in [-0.2, 0) is 9.73 Å². The minimum absolute atomic E-state index is 0.152. The van der Waals surface area contributed by atoms with Gasteiger partial charge in [0.05, 0.1) is 25.5 Å². The van der Waals surface area contributed by atoms with E-state index in [1.165, 1.54) is 30.7 Å². The molecule has 1 aliphatic heterocycles. The Kier molecular flexibility index (Phi) is 11.0. The predicted molar refractivity (Wildman–Crippen MR) is 160 cm³/mol. The summed E-state index contributed by atoms with van der Waals surface area (Å²) >= 11 is 12.5. The van der Waals surface area contributed by atoms with Gasteiger partial charge in [-0.2, -0.15) is 4.36 Å². The summed E-state index contributed by atoms with van der Waals surface area (Å²) in [6.07, 6.45) is 4.80. The first-order valence-electron chi connectivity index (χ1n) is 12.2. The number of rotatable bonds is 7. The molecule has 13 heteroatoms. The van der Waals surface area contributed by atoms with Gasteiger partial charge in [0.25, 0.3) is 0 Å². The lowest BCUT2D eigenvalue weighted by atomic mass is 10.1. The van der Waals surface area contributed by atoms with Crippen LogP contribution in [0.3, 0.4) is 0 Å². The average molecular weight is 610 g/mol. The lowest BCUT2D eigenvalue weighted by Crippen LogP contribution is -2.37. The van der Waals surface area contributed by atoms with Gasteiger partial charge < -0.3 is 25.9 Å². The fourth-order valence-electron chi connectivity index (χ4n) is 3.86. The summed E-state index contributed by atoms with van der Waals surface area (Å²) in [6.45, 7) is 3.19. The molecule has 0 radical (unpaired) electrons. The Morgan fingerprint density at radius 3 is 2.45 bits per heavy atom. The molecule has 4 rings (SSSR count). The van der Waals surface area contributed by atoms with Crippen LogP contribution in [0.5, 0.6) is 5.75 Å². The molecule has 4 N–H and O–H groups in total. The Balaban J connectivity index is 0.00000216. The van der Waals surface area contributed by atoms with E-state index in [1.807, 2.05) is 7.05 Å². The standard InChI is InChI=1S/C26H27Cl2FN6O2S.CH4O/c1-16(26-20(27)14-32-15-21(26)28)37-18-4-5-23(30)19(11-18)24(31)12-22(29)17-3-6-25(33-13-17)34-38(36)9-7-35(2)8-10-38;1-2/h3-6,11-16,31H,7-10,30H2,1-2H3;2H,1H3/b22-12-,31-24?;. The number of nitrogens with zero attached hydrogens (tertiary/aromatic N) is 4. The number of aliphatic hydroxyl groups excluding tert-OH is 1. The zero-order valence-corrected chi connectivity index (χ0v) is 24.6. The average Bonchev–Trinajstić information content (AvgIpc) is 2.93. The van der Waals surface area contributed by atoms with E-state index in [0.29, 0.717) is 51.8 Å². The van der Waals surface area contributed by atoms with Crippen molar-refractivity contribution in [1.82, 2.24) is 14.9 Å². The third kappa shape index (κ3) is 7.98. The van der Waals surface area contributed by atoms with Gasteiger partial charge in [-0.25, -0.2) is 13.6 Å². The summed E-state index contributed by atoms with van der Waals surface area (Å²) in [6, 6.07) is 7.80. The monoisotopic (exact) mass is 608 g/mol. The molecular weight excluding hydrogens is 578 g/mol. The van der Waals surface area contributed by atoms with Gasteiger partial charge in [0.15, 0.2) is 5.82 Å². The second-order valence-corrected chi connectivity index (χ2v) is 12.3. The fraction of sp³-hybridized carbons (Fsp3) is 0.296. The molecule has 3 heterocycles. The highest BCUT2D eigenvalue weighted by atomic mass is 35.5. The van der Waals surface area contributed by atoms with E-state index in [9.17, 15) is 4.21 Å². The number of ether oxygens (including phenoxy) is 1. The molecule has 1 unspecified atom stereocenters. The number of aromatic nitrogens is 2. The summed E-state index contributed by atoms with van der Waals surface area (Å²) in [5.74, 6) is 0.976. The SMILES string of the molecule is CC(Oc1ccc(N)c(C(=N)/C=C(\F)c2ccc(N=S3(=O)CCN(C)CC3)nc2)c1)c1c(Cl)cncc1Cl.CO. The van der Waals surface area contributed by atoms with E-state index in [-0.39, 0.29) is 22.5 Å². The minimum atomic E-state index is -2.37. The molecule has 1 aliphatic rings. The number of anilines is 1. The number of benzene rings is 1.